The molecule has 0 fully saturated rings. The molecule has 2 heterocycles. The number of carbonyl (C=O) groups is 2. The van der Waals surface area contributed by atoms with Crippen molar-refractivity contribution < 1.29 is 22.8 Å². The van der Waals surface area contributed by atoms with E-state index >= 15 is 0 Å². The summed E-state index contributed by atoms with van der Waals surface area (Å²) in [6.45, 7) is 0. The van der Waals surface area contributed by atoms with Gasteiger partial charge in [0.2, 0.25) is 5.91 Å². The Hall–Kier alpha value is -3.42. The highest BCUT2D eigenvalue weighted by atomic mass is 19.4. The number of H-pyrrole nitrogens is 1. The number of Topliss-reactive ketones (excluding diaryl/α,β-unsaturated/α-hetero) is 1. The largest absolute Gasteiger partial charge is 0.454 e. The van der Waals surface area contributed by atoms with Crippen LogP contribution >= 0.6 is 0 Å². The molecule has 0 saturated carbocycles. The van der Waals surface area contributed by atoms with Gasteiger partial charge >= 0.3 is 6.18 Å². The molecule has 3 rings (SSSR count). The lowest BCUT2D eigenvalue weighted by atomic mass is 10.0. The average Bonchev–Trinajstić information content (AvgIpc) is 3.01. The number of nitrogens with two attached hydrogens (primary N) is 1. The molecule has 26 heavy (non-hydrogen) atoms. The van der Waals surface area contributed by atoms with E-state index in [4.69, 9.17) is 5.73 Å². The quantitative estimate of drug-likeness (QED) is 0.552. The fourth-order valence-electron chi connectivity index (χ4n) is 2.47. The van der Waals surface area contributed by atoms with Crippen molar-refractivity contribution in [1.82, 2.24) is 9.97 Å². The van der Waals surface area contributed by atoms with Crippen LogP contribution in [-0.2, 0) is 4.79 Å². The Morgan fingerprint density at radius 3 is 2.42 bits per heavy atom. The number of hydrogen-bond acceptors (Lipinski definition) is 3. The van der Waals surface area contributed by atoms with Crippen LogP contribution in [0.4, 0.5) is 13.2 Å². The summed E-state index contributed by atoms with van der Waals surface area (Å²) >= 11 is 0. The fourth-order valence-corrected chi connectivity index (χ4v) is 2.47. The first-order chi connectivity index (χ1) is 12.3. The van der Waals surface area contributed by atoms with E-state index in [1.165, 1.54) is 24.3 Å². The Kier molecular flexibility index (Phi) is 4.33. The molecule has 0 bridgehead atoms. The molecule has 1 aromatic carbocycles. The van der Waals surface area contributed by atoms with Crippen molar-refractivity contribution in [3.05, 3.63) is 59.9 Å². The molecule has 0 atom stereocenters. The molecule has 132 valence electrons. The molecule has 1 amide bonds. The lowest BCUT2D eigenvalue weighted by molar-refractivity contribution is -0.113. The molecule has 8 heteroatoms. The maximum absolute atomic E-state index is 12.5. The predicted octanol–water partition coefficient (Wildman–Crippen LogP) is 3.47. The number of hydrogen-bond donors (Lipinski definition) is 2. The van der Waals surface area contributed by atoms with Crippen molar-refractivity contribution in [3.8, 4) is 11.1 Å². The van der Waals surface area contributed by atoms with E-state index in [-0.39, 0.29) is 0 Å². The van der Waals surface area contributed by atoms with Gasteiger partial charge in [-0.15, -0.1) is 0 Å². The second kappa shape index (κ2) is 6.47. The second-order valence-electron chi connectivity index (χ2n) is 5.50. The molecule has 0 aliphatic rings. The summed E-state index contributed by atoms with van der Waals surface area (Å²) < 4.78 is 37.4. The van der Waals surface area contributed by atoms with E-state index in [1.807, 2.05) is 0 Å². The summed E-state index contributed by atoms with van der Waals surface area (Å²) in [5.41, 5.74) is 7.18. The number of aromatic amines is 1. The third-order valence-electron chi connectivity index (χ3n) is 3.73. The number of nitrogens with one attached hydrogen (secondary N) is 1. The Morgan fingerprint density at radius 2 is 1.81 bits per heavy atom. The van der Waals surface area contributed by atoms with Crippen molar-refractivity contribution in [1.29, 1.82) is 0 Å². The van der Waals surface area contributed by atoms with E-state index in [9.17, 15) is 22.8 Å². The third-order valence-corrected chi connectivity index (χ3v) is 3.73. The highest BCUT2D eigenvalue weighted by molar-refractivity contribution is 6.00. The van der Waals surface area contributed by atoms with Crippen LogP contribution < -0.4 is 5.73 Å². The summed E-state index contributed by atoms with van der Waals surface area (Å²) in [6.07, 6.45) is 1.06. The first-order valence-corrected chi connectivity index (χ1v) is 7.42. The third kappa shape index (κ3) is 3.49. The topological polar surface area (TPSA) is 88.8 Å². The van der Waals surface area contributed by atoms with Gasteiger partial charge < -0.3 is 10.7 Å². The Balaban J connectivity index is 1.96. The number of aromatic nitrogens is 2. The van der Waals surface area contributed by atoms with Crippen molar-refractivity contribution in [2.75, 3.05) is 0 Å². The van der Waals surface area contributed by atoms with Crippen LogP contribution in [0.15, 0.2) is 48.8 Å². The van der Waals surface area contributed by atoms with Gasteiger partial charge in [0.1, 0.15) is 5.65 Å². The number of nitrogens with zero attached hydrogens (tertiary/aromatic N) is 1. The molecule has 0 aliphatic heterocycles. The monoisotopic (exact) mass is 359 g/mol. The number of rotatable bonds is 4. The number of alkyl halides is 3. The van der Waals surface area contributed by atoms with Gasteiger partial charge in [0.05, 0.1) is 0 Å². The molecule has 0 spiro atoms. The number of fused-ring (bicyclic) bond motifs is 1. The second-order valence-corrected chi connectivity index (χ2v) is 5.50. The van der Waals surface area contributed by atoms with Crippen LogP contribution in [0.5, 0.6) is 0 Å². The van der Waals surface area contributed by atoms with Crippen molar-refractivity contribution in [2.24, 2.45) is 5.73 Å². The molecule has 3 N–H and O–H groups in total. The van der Waals surface area contributed by atoms with Crippen LogP contribution in [0.3, 0.4) is 0 Å². The minimum atomic E-state index is -4.91. The van der Waals surface area contributed by atoms with Crippen LogP contribution in [0.25, 0.3) is 28.2 Å². The van der Waals surface area contributed by atoms with Crippen LogP contribution in [0, 0.1) is 0 Å². The standard InChI is InChI=1S/C18H12F3N3O2/c19-18(20,21)16(26)11-3-1-10(2-4-11)13-7-14-12(5-6-15(22)25)8-23-17(14)24-9-13/h1-9H,(H2,22,25)(H,23,24)/b6-5+. The number of ketones is 1. The number of primary amides is 1. The van der Waals surface area contributed by atoms with Crippen molar-refractivity contribution in [2.45, 2.75) is 6.18 Å². The van der Waals surface area contributed by atoms with Gasteiger partial charge in [0, 0.05) is 40.5 Å². The molecule has 0 unspecified atom stereocenters. The van der Waals surface area contributed by atoms with Crippen molar-refractivity contribution in [3.63, 3.8) is 0 Å². The first-order valence-electron chi connectivity index (χ1n) is 7.42. The number of pyridine rings is 1. The smallest absolute Gasteiger partial charge is 0.366 e. The zero-order valence-electron chi connectivity index (χ0n) is 13.2. The van der Waals surface area contributed by atoms with Crippen LogP contribution in [0.2, 0.25) is 0 Å². The highest BCUT2D eigenvalue weighted by Crippen LogP contribution is 2.27. The van der Waals surface area contributed by atoms with Gasteiger partial charge in [-0.05, 0) is 17.7 Å². The van der Waals surface area contributed by atoms with Gasteiger partial charge in [0.15, 0.2) is 0 Å². The molecule has 0 saturated heterocycles. The lowest BCUT2D eigenvalue weighted by Crippen LogP contribution is -2.22. The maximum Gasteiger partial charge on any atom is 0.454 e. The highest BCUT2D eigenvalue weighted by Gasteiger charge is 2.39. The zero-order chi connectivity index (χ0) is 18.9. The Labute approximate surface area is 145 Å². The summed E-state index contributed by atoms with van der Waals surface area (Å²) in [5.74, 6) is -2.48. The molecule has 3 aromatic rings. The normalized spacial score (nSPS) is 12.0. The molecular weight excluding hydrogens is 347 g/mol. The molecule has 0 radical (unpaired) electrons. The summed E-state index contributed by atoms with van der Waals surface area (Å²) in [4.78, 5) is 29.3. The first kappa shape index (κ1) is 17.4. The average molecular weight is 359 g/mol. The van der Waals surface area contributed by atoms with E-state index in [1.54, 1.807) is 18.5 Å². The number of halogens is 3. The maximum atomic E-state index is 12.5. The zero-order valence-corrected chi connectivity index (χ0v) is 13.2. The fraction of sp³-hybridized carbons (Fsp3) is 0.0556. The minimum absolute atomic E-state index is 0.429. The van der Waals surface area contributed by atoms with E-state index in [0.29, 0.717) is 22.3 Å². The van der Waals surface area contributed by atoms with E-state index < -0.39 is 23.4 Å². The van der Waals surface area contributed by atoms with E-state index in [0.717, 1.165) is 17.5 Å². The molecule has 0 aliphatic carbocycles. The number of carbonyl (C=O) groups excluding carboxylic acids is 2. The predicted molar refractivity (Wildman–Crippen MR) is 90.1 cm³/mol. The van der Waals surface area contributed by atoms with Crippen molar-refractivity contribution >= 4 is 28.8 Å². The SMILES string of the molecule is NC(=O)/C=C/c1c[nH]c2ncc(-c3ccc(C(=O)C(F)(F)F)cc3)cc12. The van der Waals surface area contributed by atoms with Crippen LogP contribution in [-0.4, -0.2) is 27.8 Å². The van der Waals surface area contributed by atoms with Gasteiger partial charge in [0.25, 0.3) is 5.78 Å². The lowest BCUT2D eigenvalue weighted by Gasteiger charge is -2.06. The van der Waals surface area contributed by atoms with Gasteiger partial charge in [-0.1, -0.05) is 24.3 Å². The number of benzene rings is 1. The van der Waals surface area contributed by atoms with Crippen LogP contribution in [0.1, 0.15) is 15.9 Å². The Bertz CT molecular complexity index is 1020. The van der Waals surface area contributed by atoms with Gasteiger partial charge in [-0.25, -0.2) is 4.98 Å². The molecule has 5 nitrogen and oxygen atoms in total. The molecule has 2 aromatic heterocycles. The minimum Gasteiger partial charge on any atom is -0.366 e. The van der Waals surface area contributed by atoms with Gasteiger partial charge in [-0.3, -0.25) is 9.59 Å². The number of amides is 1. The molecular formula is C18H12F3N3O2. The van der Waals surface area contributed by atoms with Gasteiger partial charge in [-0.2, -0.15) is 13.2 Å². The summed E-state index contributed by atoms with van der Waals surface area (Å²) in [6, 6.07) is 6.88. The summed E-state index contributed by atoms with van der Waals surface area (Å²) in [7, 11) is 0. The Morgan fingerprint density at radius 1 is 1.12 bits per heavy atom. The van der Waals surface area contributed by atoms with E-state index in [2.05, 4.69) is 9.97 Å². The summed E-state index contributed by atoms with van der Waals surface area (Å²) in [5, 5.41) is 0.718.